The second-order valence-electron chi connectivity index (χ2n) is 6.12. The normalized spacial score (nSPS) is 21.4. The number of piperidine rings is 1. The smallest absolute Gasteiger partial charge is 0.103 e. The first-order valence-corrected chi connectivity index (χ1v) is 7.62. The Morgan fingerprint density at radius 3 is 2.74 bits per heavy atom. The number of nitrogens with zero attached hydrogens (tertiary/aromatic N) is 1. The van der Waals surface area contributed by atoms with Crippen LogP contribution in [0.25, 0.3) is 0 Å². The monoisotopic (exact) mass is 264 g/mol. The molecule has 3 nitrogen and oxygen atoms in total. The van der Waals surface area contributed by atoms with E-state index in [1.807, 2.05) is 6.07 Å². The summed E-state index contributed by atoms with van der Waals surface area (Å²) in [5.74, 6) is 1.93. The van der Waals surface area contributed by atoms with Crippen LogP contribution in [0.5, 0.6) is 0 Å². The molecule has 0 aliphatic carbocycles. The molecule has 1 aliphatic heterocycles. The van der Waals surface area contributed by atoms with Gasteiger partial charge < -0.3 is 14.6 Å². The fraction of sp³-hybridized carbons (Fsp3) is 0.750. The van der Waals surface area contributed by atoms with Gasteiger partial charge in [0.15, 0.2) is 0 Å². The average Bonchev–Trinajstić information content (AvgIpc) is 2.90. The van der Waals surface area contributed by atoms with Crippen LogP contribution in [0.4, 0.5) is 0 Å². The molecule has 3 heteroatoms. The van der Waals surface area contributed by atoms with Gasteiger partial charge in [-0.1, -0.05) is 0 Å². The Morgan fingerprint density at radius 1 is 1.37 bits per heavy atom. The van der Waals surface area contributed by atoms with Crippen LogP contribution in [0.2, 0.25) is 0 Å². The van der Waals surface area contributed by atoms with Crippen LogP contribution in [0.15, 0.2) is 22.8 Å². The lowest BCUT2D eigenvalue weighted by Crippen LogP contribution is -2.44. The highest BCUT2D eigenvalue weighted by molar-refractivity contribution is 4.98. The topological polar surface area (TPSA) is 28.4 Å². The molecule has 0 amide bonds. The molecule has 0 saturated carbocycles. The van der Waals surface area contributed by atoms with E-state index < -0.39 is 0 Å². The molecule has 19 heavy (non-hydrogen) atoms. The van der Waals surface area contributed by atoms with Crippen molar-refractivity contribution < 1.29 is 4.42 Å². The highest BCUT2D eigenvalue weighted by Crippen LogP contribution is 2.20. The van der Waals surface area contributed by atoms with Gasteiger partial charge in [-0.2, -0.15) is 0 Å². The minimum absolute atomic E-state index is 0.555. The standard InChI is InChI=1S/C16H28N2O/c1-13(6-7-16-5-4-12-19-16)17-14(2)15-8-10-18(3)11-9-15/h4-5,12-15,17H,6-11H2,1-3H3. The molecule has 108 valence electrons. The molecule has 0 radical (unpaired) electrons. The van der Waals surface area contributed by atoms with E-state index in [9.17, 15) is 0 Å². The summed E-state index contributed by atoms with van der Waals surface area (Å²) in [5.41, 5.74) is 0. The summed E-state index contributed by atoms with van der Waals surface area (Å²) in [5, 5.41) is 3.77. The molecule has 1 fully saturated rings. The molecule has 1 aromatic rings. The van der Waals surface area contributed by atoms with Crippen LogP contribution in [0.3, 0.4) is 0 Å². The molecule has 2 rings (SSSR count). The third kappa shape index (κ3) is 4.66. The quantitative estimate of drug-likeness (QED) is 0.856. The van der Waals surface area contributed by atoms with E-state index in [-0.39, 0.29) is 0 Å². The van der Waals surface area contributed by atoms with Gasteiger partial charge in [-0.25, -0.2) is 0 Å². The highest BCUT2D eigenvalue weighted by Gasteiger charge is 2.22. The molecular formula is C16H28N2O. The third-order valence-electron chi connectivity index (χ3n) is 4.42. The highest BCUT2D eigenvalue weighted by atomic mass is 16.3. The summed E-state index contributed by atoms with van der Waals surface area (Å²) in [4.78, 5) is 2.43. The van der Waals surface area contributed by atoms with Crippen molar-refractivity contribution in [2.24, 2.45) is 5.92 Å². The predicted molar refractivity (Wildman–Crippen MR) is 79.3 cm³/mol. The maximum absolute atomic E-state index is 5.38. The predicted octanol–water partition coefficient (Wildman–Crippen LogP) is 2.92. The number of likely N-dealkylation sites (tertiary alicyclic amines) is 1. The second kappa shape index (κ2) is 7.11. The van der Waals surface area contributed by atoms with Gasteiger partial charge in [0.1, 0.15) is 5.76 Å². The molecule has 1 aromatic heterocycles. The van der Waals surface area contributed by atoms with E-state index in [0.29, 0.717) is 12.1 Å². The zero-order valence-corrected chi connectivity index (χ0v) is 12.6. The maximum atomic E-state index is 5.38. The van der Waals surface area contributed by atoms with Crippen molar-refractivity contribution >= 4 is 0 Å². The summed E-state index contributed by atoms with van der Waals surface area (Å²) in [6, 6.07) is 5.21. The number of rotatable bonds is 6. The minimum Gasteiger partial charge on any atom is -0.469 e. The molecule has 2 heterocycles. The maximum Gasteiger partial charge on any atom is 0.103 e. The van der Waals surface area contributed by atoms with Crippen LogP contribution < -0.4 is 5.32 Å². The zero-order chi connectivity index (χ0) is 13.7. The van der Waals surface area contributed by atoms with Gasteiger partial charge in [0.05, 0.1) is 6.26 Å². The molecule has 1 N–H and O–H groups in total. The van der Waals surface area contributed by atoms with Crippen LogP contribution in [-0.4, -0.2) is 37.1 Å². The fourth-order valence-electron chi connectivity index (χ4n) is 3.01. The van der Waals surface area contributed by atoms with Crippen molar-refractivity contribution in [3.8, 4) is 0 Å². The Kier molecular flexibility index (Phi) is 5.46. The van der Waals surface area contributed by atoms with Crippen molar-refractivity contribution in [2.75, 3.05) is 20.1 Å². The Bertz CT molecular complexity index is 342. The van der Waals surface area contributed by atoms with Gasteiger partial charge in [0.25, 0.3) is 0 Å². The summed E-state index contributed by atoms with van der Waals surface area (Å²) in [6.07, 6.45) is 6.59. The fourth-order valence-corrected chi connectivity index (χ4v) is 3.01. The lowest BCUT2D eigenvalue weighted by Gasteiger charge is -2.34. The third-order valence-corrected chi connectivity index (χ3v) is 4.42. The number of nitrogens with one attached hydrogen (secondary N) is 1. The van der Waals surface area contributed by atoms with Crippen LogP contribution >= 0.6 is 0 Å². The lowest BCUT2D eigenvalue weighted by atomic mass is 9.90. The van der Waals surface area contributed by atoms with Crippen LogP contribution in [0.1, 0.15) is 38.9 Å². The van der Waals surface area contributed by atoms with Crippen molar-refractivity contribution in [3.63, 3.8) is 0 Å². The molecule has 1 aliphatic rings. The van der Waals surface area contributed by atoms with E-state index in [1.54, 1.807) is 6.26 Å². The first-order valence-electron chi connectivity index (χ1n) is 7.62. The Morgan fingerprint density at radius 2 is 2.11 bits per heavy atom. The van der Waals surface area contributed by atoms with Gasteiger partial charge in [-0.15, -0.1) is 0 Å². The Hall–Kier alpha value is -0.800. The first-order chi connectivity index (χ1) is 9.15. The van der Waals surface area contributed by atoms with Gasteiger partial charge in [0, 0.05) is 18.5 Å². The summed E-state index contributed by atoms with van der Waals surface area (Å²) in [7, 11) is 2.22. The molecular weight excluding hydrogens is 236 g/mol. The molecule has 0 aromatic carbocycles. The molecule has 2 atom stereocenters. The van der Waals surface area contributed by atoms with Crippen molar-refractivity contribution in [3.05, 3.63) is 24.2 Å². The van der Waals surface area contributed by atoms with E-state index in [4.69, 9.17) is 4.42 Å². The van der Waals surface area contributed by atoms with Crippen LogP contribution in [-0.2, 0) is 6.42 Å². The number of furan rings is 1. The summed E-state index contributed by atoms with van der Waals surface area (Å²) in [6.45, 7) is 7.13. The van der Waals surface area contributed by atoms with E-state index in [1.165, 1.54) is 25.9 Å². The van der Waals surface area contributed by atoms with E-state index in [2.05, 4.69) is 37.2 Å². The molecule has 1 saturated heterocycles. The van der Waals surface area contributed by atoms with Gasteiger partial charge in [-0.3, -0.25) is 0 Å². The van der Waals surface area contributed by atoms with Crippen molar-refractivity contribution in [1.82, 2.24) is 10.2 Å². The van der Waals surface area contributed by atoms with Gasteiger partial charge in [-0.05, 0) is 71.3 Å². The number of aryl methyl sites for hydroxylation is 1. The van der Waals surface area contributed by atoms with Crippen molar-refractivity contribution in [2.45, 2.75) is 51.6 Å². The summed E-state index contributed by atoms with van der Waals surface area (Å²) >= 11 is 0. The molecule has 0 bridgehead atoms. The van der Waals surface area contributed by atoms with Crippen LogP contribution in [0, 0.1) is 5.92 Å². The molecule has 0 spiro atoms. The van der Waals surface area contributed by atoms with E-state index >= 15 is 0 Å². The number of hydrogen-bond donors (Lipinski definition) is 1. The first kappa shape index (κ1) is 14.6. The molecule has 2 unspecified atom stereocenters. The van der Waals surface area contributed by atoms with Gasteiger partial charge in [0.2, 0.25) is 0 Å². The number of hydrogen-bond acceptors (Lipinski definition) is 3. The lowest BCUT2D eigenvalue weighted by molar-refractivity contribution is 0.184. The minimum atomic E-state index is 0.555. The largest absolute Gasteiger partial charge is 0.469 e. The SMILES string of the molecule is CC(CCc1ccco1)NC(C)C1CCN(C)CC1. The van der Waals surface area contributed by atoms with Gasteiger partial charge >= 0.3 is 0 Å². The zero-order valence-electron chi connectivity index (χ0n) is 12.6. The van der Waals surface area contributed by atoms with E-state index in [0.717, 1.165) is 24.5 Å². The Balaban J connectivity index is 1.67. The summed E-state index contributed by atoms with van der Waals surface area (Å²) < 4.78 is 5.38. The van der Waals surface area contributed by atoms with Crippen molar-refractivity contribution in [1.29, 1.82) is 0 Å². The second-order valence-corrected chi connectivity index (χ2v) is 6.12. The Labute approximate surface area is 117 Å². The average molecular weight is 264 g/mol.